The van der Waals surface area contributed by atoms with Gasteiger partial charge in [0.15, 0.2) is 5.78 Å². The second-order valence-electron chi connectivity index (χ2n) is 6.41. The Morgan fingerprint density at radius 1 is 1.30 bits per heavy atom. The van der Waals surface area contributed by atoms with E-state index in [9.17, 15) is 9.59 Å². The molecule has 0 saturated heterocycles. The number of carbonyl (C=O) groups is 2. The molecule has 1 heterocycles. The third-order valence-corrected chi connectivity index (χ3v) is 3.97. The number of rotatable bonds is 6. The Balaban J connectivity index is 2.11. The van der Waals surface area contributed by atoms with Crippen LogP contribution >= 0.6 is 0 Å². The van der Waals surface area contributed by atoms with Gasteiger partial charge < -0.3 is 14.4 Å². The summed E-state index contributed by atoms with van der Waals surface area (Å²) in [4.78, 5) is 25.6. The van der Waals surface area contributed by atoms with Crippen molar-refractivity contribution in [2.45, 2.75) is 45.6 Å². The molecule has 1 aliphatic rings. The number of esters is 1. The SMILES string of the molecule is CCN1CC(C)(C)Oc2ccc(C(=O)CCCC(=O)OC)cc21. The average molecular weight is 319 g/mol. The summed E-state index contributed by atoms with van der Waals surface area (Å²) in [7, 11) is 1.36. The number of fused-ring (bicyclic) bond motifs is 1. The molecular weight excluding hydrogens is 294 g/mol. The molecular formula is C18H25NO4. The summed E-state index contributed by atoms with van der Waals surface area (Å²) in [6, 6.07) is 5.57. The van der Waals surface area contributed by atoms with Gasteiger partial charge in [-0.2, -0.15) is 0 Å². The van der Waals surface area contributed by atoms with Gasteiger partial charge in [0, 0.05) is 24.9 Å². The van der Waals surface area contributed by atoms with E-state index < -0.39 is 0 Å². The Morgan fingerprint density at radius 2 is 2.04 bits per heavy atom. The topological polar surface area (TPSA) is 55.8 Å². The lowest BCUT2D eigenvalue weighted by molar-refractivity contribution is -0.140. The predicted octanol–water partition coefficient (Wildman–Crippen LogP) is 3.21. The summed E-state index contributed by atoms with van der Waals surface area (Å²) in [5, 5.41) is 0. The minimum Gasteiger partial charge on any atom is -0.484 e. The van der Waals surface area contributed by atoms with Gasteiger partial charge in [-0.3, -0.25) is 9.59 Å². The molecule has 0 aromatic heterocycles. The standard InChI is InChI=1S/C18H25NO4/c1-5-19-12-18(2,3)23-16-10-9-13(11-14(16)19)15(20)7-6-8-17(21)22-4/h9-11H,5-8,12H2,1-4H3. The Hall–Kier alpha value is -2.04. The molecule has 0 atom stereocenters. The van der Waals surface area contributed by atoms with Crippen molar-refractivity contribution in [1.29, 1.82) is 0 Å². The number of methoxy groups -OCH3 is 1. The van der Waals surface area contributed by atoms with Crippen LogP contribution in [-0.2, 0) is 9.53 Å². The Bertz CT molecular complexity index is 595. The maximum Gasteiger partial charge on any atom is 0.305 e. The van der Waals surface area contributed by atoms with E-state index in [-0.39, 0.29) is 23.8 Å². The van der Waals surface area contributed by atoms with Crippen molar-refractivity contribution in [3.63, 3.8) is 0 Å². The monoisotopic (exact) mass is 319 g/mol. The number of Topliss-reactive ketones (excluding diaryl/α,β-unsaturated/α-hetero) is 1. The first kappa shape index (κ1) is 17.3. The normalized spacial score (nSPS) is 15.6. The lowest BCUT2D eigenvalue weighted by Crippen LogP contribution is -2.46. The molecule has 1 aromatic carbocycles. The van der Waals surface area contributed by atoms with Gasteiger partial charge in [0.1, 0.15) is 11.4 Å². The number of likely N-dealkylation sites (N-methyl/N-ethyl adjacent to an activating group) is 1. The van der Waals surface area contributed by atoms with Crippen molar-refractivity contribution in [3.8, 4) is 5.75 Å². The zero-order valence-electron chi connectivity index (χ0n) is 14.3. The molecule has 1 aliphatic heterocycles. The molecule has 0 amide bonds. The minimum absolute atomic E-state index is 0.0394. The molecule has 0 spiro atoms. The minimum atomic E-state index is -0.281. The van der Waals surface area contributed by atoms with Crippen molar-refractivity contribution in [3.05, 3.63) is 23.8 Å². The van der Waals surface area contributed by atoms with Crippen LogP contribution in [0.25, 0.3) is 0 Å². The first-order chi connectivity index (χ1) is 10.9. The molecule has 0 bridgehead atoms. The highest BCUT2D eigenvalue weighted by Crippen LogP contribution is 2.37. The van der Waals surface area contributed by atoms with Crippen LogP contribution in [0.1, 0.15) is 50.4 Å². The van der Waals surface area contributed by atoms with Gasteiger partial charge in [0.05, 0.1) is 19.3 Å². The Labute approximate surface area is 137 Å². The summed E-state index contributed by atoms with van der Waals surface area (Å²) in [5.41, 5.74) is 1.38. The smallest absolute Gasteiger partial charge is 0.305 e. The van der Waals surface area contributed by atoms with E-state index in [1.165, 1.54) is 7.11 Å². The highest BCUT2D eigenvalue weighted by molar-refractivity contribution is 5.97. The molecule has 0 unspecified atom stereocenters. The summed E-state index contributed by atoms with van der Waals surface area (Å²) in [6.45, 7) is 7.86. The predicted molar refractivity (Wildman–Crippen MR) is 89.2 cm³/mol. The zero-order chi connectivity index (χ0) is 17.0. The van der Waals surface area contributed by atoms with E-state index in [1.54, 1.807) is 6.07 Å². The summed E-state index contributed by atoms with van der Waals surface area (Å²) >= 11 is 0. The van der Waals surface area contributed by atoms with Crippen molar-refractivity contribution in [2.24, 2.45) is 0 Å². The second kappa shape index (κ2) is 7.02. The summed E-state index contributed by atoms with van der Waals surface area (Å²) < 4.78 is 10.6. The lowest BCUT2D eigenvalue weighted by atomic mass is 10.0. The van der Waals surface area contributed by atoms with Crippen LogP contribution in [-0.4, -0.2) is 37.6 Å². The average Bonchev–Trinajstić information content (AvgIpc) is 2.52. The molecule has 0 N–H and O–H groups in total. The molecule has 0 aliphatic carbocycles. The zero-order valence-corrected chi connectivity index (χ0v) is 14.3. The molecule has 2 rings (SSSR count). The van der Waals surface area contributed by atoms with E-state index in [0.717, 1.165) is 24.5 Å². The van der Waals surface area contributed by atoms with E-state index in [0.29, 0.717) is 18.4 Å². The van der Waals surface area contributed by atoms with Crippen LogP contribution in [0.5, 0.6) is 5.75 Å². The molecule has 5 nitrogen and oxygen atoms in total. The number of anilines is 1. The van der Waals surface area contributed by atoms with Crippen LogP contribution < -0.4 is 9.64 Å². The fourth-order valence-electron chi connectivity index (χ4n) is 2.82. The third kappa shape index (κ3) is 4.24. The fraction of sp³-hybridized carbons (Fsp3) is 0.556. The molecule has 126 valence electrons. The van der Waals surface area contributed by atoms with Gasteiger partial charge >= 0.3 is 5.97 Å². The maximum atomic E-state index is 12.3. The number of benzene rings is 1. The van der Waals surface area contributed by atoms with Crippen molar-refractivity contribution in [2.75, 3.05) is 25.1 Å². The first-order valence-electron chi connectivity index (χ1n) is 8.04. The fourth-order valence-corrected chi connectivity index (χ4v) is 2.82. The number of hydrogen-bond acceptors (Lipinski definition) is 5. The number of ether oxygens (including phenoxy) is 2. The van der Waals surface area contributed by atoms with Gasteiger partial charge in [0.2, 0.25) is 0 Å². The number of nitrogens with zero attached hydrogens (tertiary/aromatic N) is 1. The number of hydrogen-bond donors (Lipinski definition) is 0. The van der Waals surface area contributed by atoms with Crippen LogP contribution in [0.3, 0.4) is 0 Å². The molecule has 5 heteroatoms. The van der Waals surface area contributed by atoms with Gasteiger partial charge in [-0.05, 0) is 45.4 Å². The van der Waals surface area contributed by atoms with Gasteiger partial charge in [0.25, 0.3) is 0 Å². The second-order valence-corrected chi connectivity index (χ2v) is 6.41. The Morgan fingerprint density at radius 3 is 2.70 bits per heavy atom. The van der Waals surface area contributed by atoms with Crippen molar-refractivity contribution < 1.29 is 19.1 Å². The molecule has 0 fully saturated rings. The Kier molecular flexibility index (Phi) is 5.29. The molecule has 0 radical (unpaired) electrons. The highest BCUT2D eigenvalue weighted by atomic mass is 16.5. The first-order valence-corrected chi connectivity index (χ1v) is 8.04. The summed E-state index contributed by atoms with van der Waals surface area (Å²) in [6.07, 6.45) is 1.11. The summed E-state index contributed by atoms with van der Waals surface area (Å²) in [5.74, 6) is 0.572. The number of ketones is 1. The maximum absolute atomic E-state index is 12.3. The number of carbonyl (C=O) groups excluding carboxylic acids is 2. The largest absolute Gasteiger partial charge is 0.484 e. The van der Waals surface area contributed by atoms with Crippen LogP contribution in [0, 0.1) is 0 Å². The third-order valence-electron chi connectivity index (χ3n) is 3.97. The highest BCUT2D eigenvalue weighted by Gasteiger charge is 2.31. The molecule has 1 aromatic rings. The van der Waals surface area contributed by atoms with Crippen LogP contribution in [0.2, 0.25) is 0 Å². The van der Waals surface area contributed by atoms with E-state index in [1.807, 2.05) is 12.1 Å². The van der Waals surface area contributed by atoms with Gasteiger partial charge in [-0.25, -0.2) is 0 Å². The van der Waals surface area contributed by atoms with E-state index >= 15 is 0 Å². The van der Waals surface area contributed by atoms with Gasteiger partial charge in [-0.15, -0.1) is 0 Å². The van der Waals surface area contributed by atoms with Crippen molar-refractivity contribution in [1.82, 2.24) is 0 Å². The molecule has 23 heavy (non-hydrogen) atoms. The van der Waals surface area contributed by atoms with Crippen molar-refractivity contribution >= 4 is 17.4 Å². The van der Waals surface area contributed by atoms with Crippen LogP contribution in [0.15, 0.2) is 18.2 Å². The van der Waals surface area contributed by atoms with E-state index in [4.69, 9.17) is 4.74 Å². The lowest BCUT2D eigenvalue weighted by Gasteiger charge is -2.40. The van der Waals surface area contributed by atoms with Crippen LogP contribution in [0.4, 0.5) is 5.69 Å². The van der Waals surface area contributed by atoms with Gasteiger partial charge in [-0.1, -0.05) is 0 Å². The molecule has 0 saturated carbocycles. The quantitative estimate of drug-likeness (QED) is 0.595. The van der Waals surface area contributed by atoms with E-state index in [2.05, 4.69) is 30.4 Å².